The van der Waals surface area contributed by atoms with Crippen LogP contribution in [-0.2, 0) is 11.2 Å². The Kier molecular flexibility index (Phi) is 6.07. The van der Waals surface area contributed by atoms with E-state index in [0.717, 1.165) is 19.3 Å². The second-order valence-corrected chi connectivity index (χ2v) is 6.16. The molecule has 0 saturated carbocycles. The molecule has 1 N–H and O–H groups in total. The summed E-state index contributed by atoms with van der Waals surface area (Å²) in [5.74, 6) is 0.512. The van der Waals surface area contributed by atoms with Gasteiger partial charge in [-0.15, -0.1) is 0 Å². The van der Waals surface area contributed by atoms with E-state index < -0.39 is 0 Å². The van der Waals surface area contributed by atoms with Crippen molar-refractivity contribution in [2.45, 2.75) is 32.2 Å². The lowest BCUT2D eigenvalue weighted by Gasteiger charge is -2.26. The van der Waals surface area contributed by atoms with Crippen molar-refractivity contribution < 1.29 is 14.3 Å². The van der Waals surface area contributed by atoms with E-state index in [4.69, 9.17) is 9.47 Å². The Morgan fingerprint density at radius 1 is 1.12 bits per heavy atom. The summed E-state index contributed by atoms with van der Waals surface area (Å²) in [5, 5.41) is 3.18. The van der Waals surface area contributed by atoms with E-state index in [1.54, 1.807) is 6.07 Å². The largest absolute Gasteiger partial charge is 0.490 e. The first-order chi connectivity index (χ1) is 12.3. The van der Waals surface area contributed by atoms with Gasteiger partial charge in [0.2, 0.25) is 0 Å². The molecule has 4 heteroatoms. The number of carbonyl (C=O) groups is 1. The Bertz CT molecular complexity index is 714. The molecule has 0 heterocycles. The Hall–Kier alpha value is -2.33. The molecule has 1 amide bonds. The van der Waals surface area contributed by atoms with Crippen molar-refractivity contribution in [2.24, 2.45) is 0 Å². The lowest BCUT2D eigenvalue weighted by atomic mass is 9.87. The number of ether oxygens (including phenoxy) is 2. The van der Waals surface area contributed by atoms with Gasteiger partial charge in [-0.3, -0.25) is 4.79 Å². The van der Waals surface area contributed by atoms with Crippen LogP contribution in [0.25, 0.3) is 0 Å². The molecule has 0 aliphatic heterocycles. The molecule has 0 saturated heterocycles. The van der Waals surface area contributed by atoms with Crippen molar-refractivity contribution >= 4 is 5.91 Å². The molecule has 1 atom stereocenters. The zero-order chi connectivity index (χ0) is 17.5. The molecule has 1 aliphatic carbocycles. The summed E-state index contributed by atoms with van der Waals surface area (Å²) in [7, 11) is 0. The zero-order valence-electron chi connectivity index (χ0n) is 14.7. The maximum Gasteiger partial charge on any atom is 0.255 e. The highest BCUT2D eigenvalue weighted by molar-refractivity contribution is 5.97. The van der Waals surface area contributed by atoms with Crippen LogP contribution in [0, 0.1) is 0 Å². The Labute approximate surface area is 149 Å². The van der Waals surface area contributed by atoms with Gasteiger partial charge >= 0.3 is 0 Å². The molecule has 2 aromatic carbocycles. The first-order valence-corrected chi connectivity index (χ1v) is 8.98. The lowest BCUT2D eigenvalue weighted by molar-refractivity contribution is 0.0917. The predicted molar refractivity (Wildman–Crippen MR) is 98.0 cm³/mol. The average Bonchev–Trinajstić information content (AvgIpc) is 2.66. The number of amides is 1. The van der Waals surface area contributed by atoms with Crippen molar-refractivity contribution in [1.82, 2.24) is 5.32 Å². The maximum atomic E-state index is 12.8. The average molecular weight is 339 g/mol. The quantitative estimate of drug-likeness (QED) is 0.778. The molecule has 0 spiro atoms. The van der Waals surface area contributed by atoms with Gasteiger partial charge in [0, 0.05) is 6.61 Å². The molecule has 3 rings (SSSR count). The predicted octanol–water partition coefficient (Wildman–Crippen LogP) is 3.91. The van der Waals surface area contributed by atoms with Gasteiger partial charge in [-0.2, -0.15) is 0 Å². The van der Waals surface area contributed by atoms with Crippen molar-refractivity contribution in [3.05, 3.63) is 65.2 Å². The third-order valence-electron chi connectivity index (χ3n) is 4.50. The topological polar surface area (TPSA) is 47.6 Å². The van der Waals surface area contributed by atoms with Crippen LogP contribution < -0.4 is 10.1 Å². The van der Waals surface area contributed by atoms with Crippen LogP contribution in [0.5, 0.6) is 5.75 Å². The second-order valence-electron chi connectivity index (χ2n) is 6.16. The molecular formula is C21H25NO3. The van der Waals surface area contributed by atoms with E-state index in [0.29, 0.717) is 31.1 Å². The minimum atomic E-state index is -0.0892. The standard InChI is InChI=1S/C21H25NO3/c1-2-24-14-15-25-20-13-6-5-11-18(20)21(23)22-19-12-7-9-16-8-3-4-10-17(16)19/h3-6,8,10-11,13,19H,2,7,9,12,14-15H2,1H3,(H,22,23). The van der Waals surface area contributed by atoms with Crippen LogP contribution in [0.4, 0.5) is 0 Å². The van der Waals surface area contributed by atoms with Gasteiger partial charge in [0.25, 0.3) is 5.91 Å². The summed E-state index contributed by atoms with van der Waals surface area (Å²) in [4.78, 5) is 12.8. The Morgan fingerprint density at radius 2 is 1.92 bits per heavy atom. The van der Waals surface area contributed by atoms with Gasteiger partial charge < -0.3 is 14.8 Å². The van der Waals surface area contributed by atoms with E-state index in [1.165, 1.54) is 11.1 Å². The number of benzene rings is 2. The lowest BCUT2D eigenvalue weighted by Crippen LogP contribution is -2.31. The number of para-hydroxylation sites is 1. The fourth-order valence-corrected chi connectivity index (χ4v) is 3.27. The van der Waals surface area contributed by atoms with E-state index in [-0.39, 0.29) is 11.9 Å². The molecular weight excluding hydrogens is 314 g/mol. The van der Waals surface area contributed by atoms with Gasteiger partial charge in [-0.25, -0.2) is 0 Å². The third-order valence-corrected chi connectivity index (χ3v) is 4.50. The van der Waals surface area contributed by atoms with E-state index >= 15 is 0 Å². The number of hydrogen-bond acceptors (Lipinski definition) is 3. The van der Waals surface area contributed by atoms with Crippen molar-refractivity contribution in [3.8, 4) is 5.75 Å². The minimum absolute atomic E-state index is 0.0638. The van der Waals surface area contributed by atoms with Gasteiger partial charge in [0.05, 0.1) is 18.2 Å². The van der Waals surface area contributed by atoms with Crippen molar-refractivity contribution in [2.75, 3.05) is 19.8 Å². The zero-order valence-corrected chi connectivity index (χ0v) is 14.7. The molecule has 1 aliphatic rings. The van der Waals surface area contributed by atoms with Gasteiger partial charge in [-0.05, 0) is 49.4 Å². The molecule has 0 bridgehead atoms. The van der Waals surface area contributed by atoms with Gasteiger partial charge in [0.1, 0.15) is 12.4 Å². The highest BCUT2D eigenvalue weighted by Gasteiger charge is 2.23. The summed E-state index contributed by atoms with van der Waals surface area (Å²) in [6, 6.07) is 15.8. The summed E-state index contributed by atoms with van der Waals surface area (Å²) in [6.07, 6.45) is 3.14. The van der Waals surface area contributed by atoms with Crippen LogP contribution >= 0.6 is 0 Å². The van der Waals surface area contributed by atoms with E-state index in [9.17, 15) is 4.79 Å². The molecule has 2 aromatic rings. The highest BCUT2D eigenvalue weighted by Crippen LogP contribution is 2.30. The minimum Gasteiger partial charge on any atom is -0.490 e. The van der Waals surface area contributed by atoms with Crippen LogP contribution in [0.2, 0.25) is 0 Å². The van der Waals surface area contributed by atoms with Gasteiger partial charge in [-0.1, -0.05) is 36.4 Å². The first kappa shape index (κ1) is 17.5. The van der Waals surface area contributed by atoms with E-state index in [1.807, 2.05) is 31.2 Å². The van der Waals surface area contributed by atoms with Crippen molar-refractivity contribution in [3.63, 3.8) is 0 Å². The molecule has 1 unspecified atom stereocenters. The molecule has 0 aromatic heterocycles. The highest BCUT2D eigenvalue weighted by atomic mass is 16.5. The number of nitrogens with one attached hydrogen (secondary N) is 1. The van der Waals surface area contributed by atoms with Crippen LogP contribution in [-0.4, -0.2) is 25.7 Å². The Balaban J connectivity index is 1.70. The summed E-state index contributed by atoms with van der Waals surface area (Å²) < 4.78 is 11.0. The first-order valence-electron chi connectivity index (χ1n) is 8.98. The molecule has 4 nitrogen and oxygen atoms in total. The molecule has 0 fully saturated rings. The fourth-order valence-electron chi connectivity index (χ4n) is 3.27. The van der Waals surface area contributed by atoms with Crippen LogP contribution in [0.1, 0.15) is 47.3 Å². The number of rotatable bonds is 7. The maximum absolute atomic E-state index is 12.8. The molecule has 132 valence electrons. The van der Waals surface area contributed by atoms with Crippen LogP contribution in [0.3, 0.4) is 0 Å². The summed E-state index contributed by atoms with van der Waals surface area (Å²) in [5.41, 5.74) is 3.14. The van der Waals surface area contributed by atoms with E-state index in [2.05, 4.69) is 23.5 Å². The number of aryl methyl sites for hydroxylation is 1. The number of fused-ring (bicyclic) bond motifs is 1. The van der Waals surface area contributed by atoms with Crippen molar-refractivity contribution in [1.29, 1.82) is 0 Å². The number of hydrogen-bond donors (Lipinski definition) is 1. The van der Waals surface area contributed by atoms with Crippen LogP contribution in [0.15, 0.2) is 48.5 Å². The second kappa shape index (κ2) is 8.67. The van der Waals surface area contributed by atoms with Gasteiger partial charge in [0.15, 0.2) is 0 Å². The fraction of sp³-hybridized carbons (Fsp3) is 0.381. The SMILES string of the molecule is CCOCCOc1ccccc1C(=O)NC1CCCc2ccccc21. The number of carbonyl (C=O) groups excluding carboxylic acids is 1. The molecule has 25 heavy (non-hydrogen) atoms. The Morgan fingerprint density at radius 3 is 2.80 bits per heavy atom. The summed E-state index contributed by atoms with van der Waals surface area (Å²) in [6.45, 7) is 3.56. The normalized spacial score (nSPS) is 16.1. The smallest absolute Gasteiger partial charge is 0.255 e. The monoisotopic (exact) mass is 339 g/mol. The third kappa shape index (κ3) is 4.40. The molecule has 0 radical (unpaired) electrons. The summed E-state index contributed by atoms with van der Waals surface area (Å²) >= 11 is 0.